The van der Waals surface area contributed by atoms with Crippen LogP contribution in [0.1, 0.15) is 11.6 Å². The number of anilines is 2. The minimum absolute atomic E-state index is 0.0358. The number of phenolic OH excluding ortho intramolecular Hbond substituents is 1. The lowest BCUT2D eigenvalue weighted by atomic mass is 9.90. The van der Waals surface area contributed by atoms with Crippen LogP contribution in [0.25, 0.3) is 0 Å². The van der Waals surface area contributed by atoms with Crippen molar-refractivity contribution in [1.82, 2.24) is 0 Å². The summed E-state index contributed by atoms with van der Waals surface area (Å²) >= 11 is 0. The van der Waals surface area contributed by atoms with Gasteiger partial charge >= 0.3 is 0 Å². The van der Waals surface area contributed by atoms with Gasteiger partial charge in [0.1, 0.15) is 17.4 Å². The number of amides is 2. The maximum Gasteiger partial charge on any atom is 0.266 e. The van der Waals surface area contributed by atoms with Crippen molar-refractivity contribution in [2.45, 2.75) is 12.1 Å². The van der Waals surface area contributed by atoms with Gasteiger partial charge in [0.15, 0.2) is 6.10 Å². The Kier molecular flexibility index (Phi) is 4.60. The van der Waals surface area contributed by atoms with Crippen LogP contribution in [0.5, 0.6) is 11.5 Å². The third kappa shape index (κ3) is 2.93. The molecule has 2 saturated heterocycles. The largest absolute Gasteiger partial charge is 0.508 e. The Hall–Kier alpha value is -3.84. The third-order valence-corrected chi connectivity index (χ3v) is 5.71. The summed E-state index contributed by atoms with van der Waals surface area (Å²) in [5.41, 5.74) is 1.58. The molecule has 1 N–H and O–H groups in total. The highest BCUT2D eigenvalue weighted by Gasteiger charge is 2.61. The predicted octanol–water partition coefficient (Wildman–Crippen LogP) is 3.45. The molecule has 2 aliphatic heterocycles. The molecule has 0 aliphatic carbocycles. The molecule has 0 saturated carbocycles. The quantitative estimate of drug-likeness (QED) is 0.657. The van der Waals surface area contributed by atoms with E-state index in [9.17, 15) is 14.7 Å². The van der Waals surface area contributed by atoms with Crippen molar-refractivity contribution < 1.29 is 24.3 Å². The molecule has 2 fully saturated rings. The Balaban J connectivity index is 1.62. The molecule has 3 atom stereocenters. The molecule has 3 aromatic carbocycles. The average molecular weight is 416 g/mol. The normalized spacial score (nSPS) is 22.7. The molecular formula is C24H20N2O5. The van der Waals surface area contributed by atoms with Crippen molar-refractivity contribution >= 4 is 23.2 Å². The zero-order chi connectivity index (χ0) is 21.5. The van der Waals surface area contributed by atoms with Gasteiger partial charge < -0.3 is 9.84 Å². The van der Waals surface area contributed by atoms with Crippen LogP contribution in [0.15, 0.2) is 78.9 Å². The number of para-hydroxylation sites is 4. The second-order valence-corrected chi connectivity index (χ2v) is 7.40. The van der Waals surface area contributed by atoms with E-state index in [4.69, 9.17) is 9.57 Å². The molecule has 0 spiro atoms. The number of fused-ring (bicyclic) bond motifs is 1. The number of carbonyl (C=O) groups excluding carboxylic acids is 2. The minimum atomic E-state index is -1.01. The minimum Gasteiger partial charge on any atom is -0.508 e. The smallest absolute Gasteiger partial charge is 0.266 e. The molecule has 156 valence electrons. The molecule has 2 amide bonds. The van der Waals surface area contributed by atoms with Crippen molar-refractivity contribution in [2.24, 2.45) is 5.92 Å². The number of hydrogen-bond donors (Lipinski definition) is 1. The standard InChI is InChI=1S/C24H20N2O5/c1-30-19-14-8-6-12-17(19)25-23(28)20-21(16-11-5-7-13-18(16)27)26(31-22(20)24(25)29)15-9-3-2-4-10-15/h2-14,20-22,27H,1H3/t20-,21-,22-/m1/s1. The highest BCUT2D eigenvalue weighted by atomic mass is 16.7. The van der Waals surface area contributed by atoms with Gasteiger partial charge in [-0.15, -0.1) is 0 Å². The molecule has 31 heavy (non-hydrogen) atoms. The fourth-order valence-electron chi connectivity index (χ4n) is 4.32. The molecular weight excluding hydrogens is 396 g/mol. The summed E-state index contributed by atoms with van der Waals surface area (Å²) in [5, 5.41) is 12.1. The van der Waals surface area contributed by atoms with Crippen molar-refractivity contribution in [3.05, 3.63) is 84.4 Å². The number of nitrogens with zero attached hydrogens (tertiary/aromatic N) is 2. The van der Waals surface area contributed by atoms with E-state index in [0.717, 1.165) is 4.90 Å². The van der Waals surface area contributed by atoms with Gasteiger partial charge in [0, 0.05) is 5.56 Å². The van der Waals surface area contributed by atoms with E-state index < -0.39 is 29.9 Å². The Morgan fingerprint density at radius 1 is 0.871 bits per heavy atom. The SMILES string of the molecule is COc1ccccc1N1C(=O)[C@@H]2[C@@H](c3ccccc3O)N(c3ccccc3)O[C@H]2C1=O. The van der Waals surface area contributed by atoms with Crippen molar-refractivity contribution in [2.75, 3.05) is 17.1 Å². The number of carbonyl (C=O) groups is 2. The Morgan fingerprint density at radius 2 is 1.55 bits per heavy atom. The van der Waals surface area contributed by atoms with Crippen LogP contribution in [0.2, 0.25) is 0 Å². The Bertz CT molecular complexity index is 1150. The number of hydrogen-bond acceptors (Lipinski definition) is 6. The second-order valence-electron chi connectivity index (χ2n) is 7.40. The van der Waals surface area contributed by atoms with Crippen LogP contribution >= 0.6 is 0 Å². The summed E-state index contributed by atoms with van der Waals surface area (Å²) in [6.45, 7) is 0. The van der Waals surface area contributed by atoms with Crippen LogP contribution in [0, 0.1) is 5.92 Å². The van der Waals surface area contributed by atoms with E-state index in [0.29, 0.717) is 22.7 Å². The monoisotopic (exact) mass is 416 g/mol. The molecule has 5 rings (SSSR count). The summed E-state index contributed by atoms with van der Waals surface area (Å²) in [6, 6.07) is 22.2. The zero-order valence-corrected chi connectivity index (χ0v) is 16.7. The average Bonchev–Trinajstić information content (AvgIpc) is 3.31. The summed E-state index contributed by atoms with van der Waals surface area (Å²) in [4.78, 5) is 34.1. The van der Waals surface area contributed by atoms with Gasteiger partial charge in [-0.05, 0) is 30.3 Å². The lowest BCUT2D eigenvalue weighted by Gasteiger charge is -2.29. The van der Waals surface area contributed by atoms with Crippen LogP contribution in [0.3, 0.4) is 0 Å². The Labute approximate surface area is 179 Å². The number of imide groups is 1. The fraction of sp³-hybridized carbons (Fsp3) is 0.167. The first-order chi connectivity index (χ1) is 15.1. The lowest BCUT2D eigenvalue weighted by molar-refractivity contribution is -0.126. The van der Waals surface area contributed by atoms with Gasteiger partial charge in [0.25, 0.3) is 5.91 Å². The number of methoxy groups -OCH3 is 1. The Morgan fingerprint density at radius 3 is 2.29 bits per heavy atom. The number of aromatic hydroxyl groups is 1. The summed E-state index contributed by atoms with van der Waals surface area (Å²) in [6.07, 6.45) is -1.01. The van der Waals surface area contributed by atoms with E-state index in [2.05, 4.69) is 0 Å². The molecule has 0 bridgehead atoms. The topological polar surface area (TPSA) is 79.3 Å². The zero-order valence-electron chi connectivity index (χ0n) is 16.7. The van der Waals surface area contributed by atoms with Crippen molar-refractivity contribution in [3.63, 3.8) is 0 Å². The first kappa shape index (κ1) is 19.1. The predicted molar refractivity (Wildman–Crippen MR) is 114 cm³/mol. The molecule has 0 aromatic heterocycles. The molecule has 7 heteroatoms. The first-order valence-electron chi connectivity index (χ1n) is 9.91. The van der Waals surface area contributed by atoms with Gasteiger partial charge in [-0.25, -0.2) is 9.96 Å². The van der Waals surface area contributed by atoms with Crippen LogP contribution < -0.4 is 14.7 Å². The number of rotatable bonds is 4. The van der Waals surface area contributed by atoms with E-state index in [-0.39, 0.29) is 5.75 Å². The van der Waals surface area contributed by atoms with Gasteiger partial charge in [-0.2, -0.15) is 0 Å². The summed E-state index contributed by atoms with van der Waals surface area (Å²) in [5.74, 6) is -1.23. The van der Waals surface area contributed by atoms with Crippen LogP contribution in [-0.2, 0) is 14.4 Å². The highest BCUT2D eigenvalue weighted by molar-refractivity contribution is 6.24. The second kappa shape index (κ2) is 7.45. The van der Waals surface area contributed by atoms with Gasteiger partial charge in [-0.1, -0.05) is 48.5 Å². The summed E-state index contributed by atoms with van der Waals surface area (Å²) < 4.78 is 5.36. The highest BCUT2D eigenvalue weighted by Crippen LogP contribution is 2.50. The van der Waals surface area contributed by atoms with E-state index in [1.165, 1.54) is 7.11 Å². The number of ether oxygens (including phenoxy) is 1. The maximum absolute atomic E-state index is 13.6. The molecule has 3 aromatic rings. The molecule has 2 heterocycles. The number of phenols is 1. The van der Waals surface area contributed by atoms with Crippen LogP contribution in [-0.4, -0.2) is 30.1 Å². The maximum atomic E-state index is 13.6. The van der Waals surface area contributed by atoms with E-state index in [1.54, 1.807) is 53.6 Å². The molecule has 2 aliphatic rings. The molecule has 0 unspecified atom stereocenters. The lowest BCUT2D eigenvalue weighted by Crippen LogP contribution is -2.37. The van der Waals surface area contributed by atoms with Crippen molar-refractivity contribution in [3.8, 4) is 11.5 Å². The van der Waals surface area contributed by atoms with Gasteiger partial charge in [0.2, 0.25) is 5.91 Å². The first-order valence-corrected chi connectivity index (χ1v) is 9.91. The molecule has 7 nitrogen and oxygen atoms in total. The fourth-order valence-corrected chi connectivity index (χ4v) is 4.32. The third-order valence-electron chi connectivity index (χ3n) is 5.71. The number of hydroxylamine groups is 1. The van der Waals surface area contributed by atoms with E-state index >= 15 is 0 Å². The van der Waals surface area contributed by atoms with Crippen molar-refractivity contribution in [1.29, 1.82) is 0 Å². The van der Waals surface area contributed by atoms with Gasteiger partial charge in [-0.3, -0.25) is 14.4 Å². The summed E-state index contributed by atoms with van der Waals surface area (Å²) in [7, 11) is 1.49. The number of benzene rings is 3. The van der Waals surface area contributed by atoms with Gasteiger partial charge in [0.05, 0.1) is 24.5 Å². The van der Waals surface area contributed by atoms with E-state index in [1.807, 2.05) is 30.3 Å². The molecule has 0 radical (unpaired) electrons. The van der Waals surface area contributed by atoms with Crippen LogP contribution in [0.4, 0.5) is 11.4 Å².